The van der Waals surface area contributed by atoms with Gasteiger partial charge in [0.2, 0.25) is 0 Å². The third kappa shape index (κ3) is 3.00. The molecule has 1 amide bonds. The van der Waals surface area contributed by atoms with Crippen molar-refractivity contribution in [2.24, 2.45) is 0 Å². The molecule has 0 fully saturated rings. The van der Waals surface area contributed by atoms with Crippen LogP contribution in [0.1, 0.15) is 52.7 Å². The maximum Gasteiger partial charge on any atom is 0.268 e. The summed E-state index contributed by atoms with van der Waals surface area (Å²) in [6, 6.07) is 7.99. The number of hydrogen-bond acceptors (Lipinski definition) is 2. The van der Waals surface area contributed by atoms with Crippen LogP contribution in [-0.2, 0) is 12.8 Å². The zero-order valence-electron chi connectivity index (χ0n) is 15.1. The molecule has 2 aromatic rings. The number of carbonyl (C=O) groups excluding carboxylic acids is 1. The molecule has 1 unspecified atom stereocenters. The minimum absolute atomic E-state index is 0.0182. The van der Waals surface area contributed by atoms with Gasteiger partial charge in [-0.05, 0) is 74.3 Å². The van der Waals surface area contributed by atoms with Gasteiger partial charge in [0.05, 0.1) is 5.69 Å². The highest BCUT2D eigenvalue weighted by Crippen LogP contribution is 2.27. The van der Waals surface area contributed by atoms with Crippen molar-refractivity contribution in [1.82, 2.24) is 9.88 Å². The molecule has 26 heavy (non-hydrogen) atoms. The Morgan fingerprint density at radius 1 is 1.19 bits per heavy atom. The Morgan fingerprint density at radius 3 is 2.88 bits per heavy atom. The molecule has 4 rings (SSSR count). The number of nitrogens with zero attached hydrogens (tertiary/aromatic N) is 1. The fraction of sp³-hybridized carbons (Fsp3) is 0.364. The third-order valence-electron chi connectivity index (χ3n) is 5.48. The zero-order chi connectivity index (χ0) is 18.1. The molecule has 1 aromatic heterocycles. The van der Waals surface area contributed by atoms with Gasteiger partial charge in [-0.15, -0.1) is 0 Å². The van der Waals surface area contributed by atoms with Crippen molar-refractivity contribution >= 4 is 5.91 Å². The Balaban J connectivity index is 1.73. The van der Waals surface area contributed by atoms with Crippen LogP contribution in [0.4, 0.5) is 0 Å². The first-order valence-electron chi connectivity index (χ1n) is 9.46. The second kappa shape index (κ2) is 6.94. The molecular formula is C22H24N2O2. The Morgan fingerprint density at radius 2 is 2.08 bits per heavy atom. The first kappa shape index (κ1) is 16.8. The fourth-order valence-corrected chi connectivity index (χ4v) is 4.09. The van der Waals surface area contributed by atoms with Crippen LogP contribution in [0.3, 0.4) is 0 Å². The number of rotatable bonds is 3. The van der Waals surface area contributed by atoms with Crippen molar-refractivity contribution in [2.75, 3.05) is 0 Å². The largest absolute Gasteiger partial charge is 0.346 e. The van der Waals surface area contributed by atoms with E-state index in [1.807, 2.05) is 31.2 Å². The van der Waals surface area contributed by atoms with E-state index in [0.717, 1.165) is 49.8 Å². The molecule has 0 saturated heterocycles. The molecule has 0 radical (unpaired) electrons. The maximum absolute atomic E-state index is 13.2. The summed E-state index contributed by atoms with van der Waals surface area (Å²) in [4.78, 5) is 26.0. The monoisotopic (exact) mass is 348 g/mol. The summed E-state index contributed by atoms with van der Waals surface area (Å²) in [5.41, 5.74) is 4.20. The molecule has 2 aliphatic carbocycles. The summed E-state index contributed by atoms with van der Waals surface area (Å²) in [7, 11) is 0. The summed E-state index contributed by atoms with van der Waals surface area (Å²) in [6.45, 7) is 1.83. The summed E-state index contributed by atoms with van der Waals surface area (Å²) in [5, 5.41) is 3.01. The van der Waals surface area contributed by atoms with Crippen LogP contribution in [0.5, 0.6) is 0 Å². The topological polar surface area (TPSA) is 51.1 Å². The number of hydrogen-bond donors (Lipinski definition) is 1. The fourth-order valence-electron chi connectivity index (χ4n) is 4.09. The number of allylic oxidation sites excluding steroid dienone is 1. The van der Waals surface area contributed by atoms with Gasteiger partial charge in [0.1, 0.15) is 5.56 Å². The molecule has 1 aromatic carbocycles. The van der Waals surface area contributed by atoms with E-state index in [1.165, 1.54) is 11.1 Å². The number of pyridine rings is 1. The molecule has 0 saturated carbocycles. The van der Waals surface area contributed by atoms with E-state index in [4.69, 9.17) is 0 Å². The van der Waals surface area contributed by atoms with Crippen LogP contribution in [0.15, 0.2) is 47.4 Å². The van der Waals surface area contributed by atoms with Crippen LogP contribution in [0.2, 0.25) is 0 Å². The molecule has 2 aliphatic rings. The van der Waals surface area contributed by atoms with E-state index in [1.54, 1.807) is 10.8 Å². The Bertz CT molecular complexity index is 940. The zero-order valence-corrected chi connectivity index (χ0v) is 15.1. The number of carbonyl (C=O) groups is 1. The van der Waals surface area contributed by atoms with E-state index in [-0.39, 0.29) is 23.1 Å². The average Bonchev–Trinajstić information content (AvgIpc) is 3.12. The van der Waals surface area contributed by atoms with Crippen LogP contribution in [-0.4, -0.2) is 16.5 Å². The van der Waals surface area contributed by atoms with E-state index in [9.17, 15) is 9.59 Å². The molecule has 134 valence electrons. The number of amides is 1. The summed E-state index contributed by atoms with van der Waals surface area (Å²) < 4.78 is 1.64. The SMILES string of the molecule is Cc1ccn(-c2cccc3c2CCC3)c(=O)c1C(=O)NC1C=CCCC1. The van der Waals surface area contributed by atoms with Gasteiger partial charge in [-0.2, -0.15) is 0 Å². The second-order valence-electron chi connectivity index (χ2n) is 7.26. The third-order valence-corrected chi connectivity index (χ3v) is 5.48. The Hall–Kier alpha value is -2.62. The van der Waals surface area contributed by atoms with E-state index >= 15 is 0 Å². The standard InChI is InChI=1S/C22H24N2O2/c1-15-13-14-24(19-12-6-8-16-7-5-11-18(16)19)22(26)20(15)21(25)23-17-9-3-2-4-10-17/h3,6,8-9,12-14,17H,2,4-5,7,10-11H2,1H3,(H,23,25). The summed E-state index contributed by atoms with van der Waals surface area (Å²) >= 11 is 0. The lowest BCUT2D eigenvalue weighted by molar-refractivity contribution is 0.0939. The number of fused-ring (bicyclic) bond motifs is 1. The molecule has 0 bridgehead atoms. The van der Waals surface area contributed by atoms with Crippen LogP contribution < -0.4 is 10.9 Å². The molecular weight excluding hydrogens is 324 g/mol. The predicted octanol–water partition coefficient (Wildman–Crippen LogP) is 3.47. The average molecular weight is 348 g/mol. The highest BCUT2D eigenvalue weighted by Gasteiger charge is 2.21. The number of aromatic nitrogens is 1. The maximum atomic E-state index is 13.2. The minimum atomic E-state index is -0.272. The predicted molar refractivity (Wildman–Crippen MR) is 103 cm³/mol. The minimum Gasteiger partial charge on any atom is -0.346 e. The van der Waals surface area contributed by atoms with Gasteiger partial charge < -0.3 is 5.32 Å². The van der Waals surface area contributed by atoms with Crippen molar-refractivity contribution in [2.45, 2.75) is 51.5 Å². The van der Waals surface area contributed by atoms with Crippen LogP contribution in [0, 0.1) is 6.92 Å². The lowest BCUT2D eigenvalue weighted by Crippen LogP contribution is -2.39. The number of benzene rings is 1. The van der Waals surface area contributed by atoms with Gasteiger partial charge in [-0.25, -0.2) is 0 Å². The first-order valence-corrected chi connectivity index (χ1v) is 9.46. The van der Waals surface area contributed by atoms with E-state index in [0.29, 0.717) is 0 Å². The lowest BCUT2D eigenvalue weighted by Gasteiger charge is -2.19. The molecule has 4 heteroatoms. The quantitative estimate of drug-likeness (QED) is 0.864. The van der Waals surface area contributed by atoms with Gasteiger partial charge in [0, 0.05) is 12.2 Å². The van der Waals surface area contributed by atoms with Crippen LogP contribution >= 0.6 is 0 Å². The van der Waals surface area contributed by atoms with Gasteiger partial charge in [-0.3, -0.25) is 14.2 Å². The van der Waals surface area contributed by atoms with Gasteiger partial charge >= 0.3 is 0 Å². The van der Waals surface area contributed by atoms with E-state index < -0.39 is 0 Å². The summed E-state index contributed by atoms with van der Waals surface area (Å²) in [6.07, 6.45) is 12.1. The summed E-state index contributed by atoms with van der Waals surface area (Å²) in [5.74, 6) is -0.272. The number of nitrogens with one attached hydrogen (secondary N) is 1. The smallest absolute Gasteiger partial charge is 0.268 e. The molecule has 1 heterocycles. The molecule has 0 spiro atoms. The van der Waals surface area contributed by atoms with Crippen molar-refractivity contribution in [1.29, 1.82) is 0 Å². The van der Waals surface area contributed by atoms with Crippen LogP contribution in [0.25, 0.3) is 5.69 Å². The van der Waals surface area contributed by atoms with Gasteiger partial charge in [0.25, 0.3) is 11.5 Å². The number of aryl methyl sites for hydroxylation is 2. The Kier molecular flexibility index (Phi) is 4.49. The van der Waals surface area contributed by atoms with Crippen molar-refractivity contribution in [3.8, 4) is 5.69 Å². The van der Waals surface area contributed by atoms with Crippen molar-refractivity contribution in [3.63, 3.8) is 0 Å². The van der Waals surface area contributed by atoms with E-state index in [2.05, 4.69) is 17.5 Å². The normalized spacial score (nSPS) is 18.6. The molecule has 0 aliphatic heterocycles. The van der Waals surface area contributed by atoms with Crippen molar-refractivity contribution in [3.05, 3.63) is 75.2 Å². The second-order valence-corrected chi connectivity index (χ2v) is 7.26. The lowest BCUT2D eigenvalue weighted by atomic mass is 10.0. The van der Waals surface area contributed by atoms with Gasteiger partial charge in [0.15, 0.2) is 0 Å². The highest BCUT2D eigenvalue weighted by molar-refractivity contribution is 5.95. The molecule has 4 nitrogen and oxygen atoms in total. The van der Waals surface area contributed by atoms with Crippen molar-refractivity contribution < 1.29 is 4.79 Å². The molecule has 1 N–H and O–H groups in total. The first-order chi connectivity index (χ1) is 12.6. The van der Waals surface area contributed by atoms with Gasteiger partial charge in [-0.1, -0.05) is 24.3 Å². The molecule has 1 atom stereocenters. The Labute approximate surface area is 153 Å². The highest BCUT2D eigenvalue weighted by atomic mass is 16.2.